The number of nitro groups is 1. The number of hydrogen-bond acceptors (Lipinski definition) is 6. The summed E-state index contributed by atoms with van der Waals surface area (Å²) in [5.41, 5.74) is 0.471. The number of aliphatic hydroxyl groups is 1. The number of benzene rings is 1. The molecule has 1 aliphatic carbocycles. The predicted molar refractivity (Wildman–Crippen MR) is 67.9 cm³/mol. The number of oxazole rings is 1. The van der Waals surface area contributed by atoms with Crippen molar-refractivity contribution in [2.75, 3.05) is 18.5 Å². The second kappa shape index (κ2) is 4.20. The summed E-state index contributed by atoms with van der Waals surface area (Å²) in [7, 11) is 0. The van der Waals surface area contributed by atoms with E-state index in [4.69, 9.17) is 4.42 Å². The van der Waals surface area contributed by atoms with Gasteiger partial charge in [0.05, 0.1) is 11.5 Å². The monoisotopic (exact) mass is 263 g/mol. The van der Waals surface area contributed by atoms with Crippen LogP contribution in [0.2, 0.25) is 0 Å². The van der Waals surface area contributed by atoms with Crippen molar-refractivity contribution in [3.05, 3.63) is 28.3 Å². The van der Waals surface area contributed by atoms with Gasteiger partial charge in [-0.3, -0.25) is 10.1 Å². The molecule has 0 amide bonds. The molecule has 7 heteroatoms. The number of para-hydroxylation sites is 1. The molecule has 0 saturated heterocycles. The largest absolute Gasteiger partial charge is 0.423 e. The molecule has 1 heterocycles. The van der Waals surface area contributed by atoms with Gasteiger partial charge < -0.3 is 14.8 Å². The fourth-order valence-corrected chi connectivity index (χ4v) is 1.99. The number of non-ortho nitro benzene ring substituents is 1. The van der Waals surface area contributed by atoms with Crippen molar-refractivity contribution in [2.45, 2.75) is 12.8 Å². The van der Waals surface area contributed by atoms with E-state index in [1.165, 1.54) is 6.07 Å². The van der Waals surface area contributed by atoms with Crippen LogP contribution in [0, 0.1) is 15.5 Å². The first-order valence-corrected chi connectivity index (χ1v) is 6.02. The van der Waals surface area contributed by atoms with Crippen LogP contribution < -0.4 is 5.32 Å². The maximum absolute atomic E-state index is 10.9. The summed E-state index contributed by atoms with van der Waals surface area (Å²) in [6, 6.07) is 4.85. The highest BCUT2D eigenvalue weighted by molar-refractivity contribution is 5.83. The quantitative estimate of drug-likeness (QED) is 0.631. The zero-order valence-corrected chi connectivity index (χ0v) is 10.1. The molecule has 1 aromatic carbocycles. The minimum Gasteiger partial charge on any atom is -0.423 e. The Hall–Kier alpha value is -2.15. The highest BCUT2D eigenvalue weighted by Crippen LogP contribution is 2.45. The summed E-state index contributed by atoms with van der Waals surface area (Å²) in [4.78, 5) is 14.5. The molecule has 1 saturated carbocycles. The summed E-state index contributed by atoms with van der Waals surface area (Å²) >= 11 is 0. The first kappa shape index (κ1) is 11.9. The van der Waals surface area contributed by atoms with Crippen molar-refractivity contribution >= 4 is 22.8 Å². The fourth-order valence-electron chi connectivity index (χ4n) is 1.99. The molecular weight excluding hydrogens is 250 g/mol. The average Bonchev–Trinajstić information content (AvgIpc) is 3.07. The van der Waals surface area contributed by atoms with Crippen LogP contribution in [0.15, 0.2) is 22.6 Å². The Labute approximate surface area is 108 Å². The van der Waals surface area contributed by atoms with Gasteiger partial charge in [-0.1, -0.05) is 6.07 Å². The number of fused-ring (bicyclic) bond motifs is 1. The fraction of sp³-hybridized carbons (Fsp3) is 0.417. The molecule has 0 spiro atoms. The number of nitro benzene ring substituents is 1. The lowest BCUT2D eigenvalue weighted by atomic mass is 10.1. The molecule has 0 atom stereocenters. The SMILES string of the molecule is O=[N+]([O-])c1cccc2oc(NCC3(CO)CC3)nc12. The minimum absolute atomic E-state index is 0.0717. The summed E-state index contributed by atoms with van der Waals surface area (Å²) in [6.07, 6.45) is 1.94. The van der Waals surface area contributed by atoms with Crippen molar-refractivity contribution in [3.8, 4) is 0 Å². The molecule has 0 radical (unpaired) electrons. The number of hydrogen-bond donors (Lipinski definition) is 2. The van der Waals surface area contributed by atoms with E-state index in [2.05, 4.69) is 10.3 Å². The maximum Gasteiger partial charge on any atom is 0.298 e. The Morgan fingerprint density at radius 3 is 2.95 bits per heavy atom. The van der Waals surface area contributed by atoms with Gasteiger partial charge in [-0.2, -0.15) is 4.98 Å². The lowest BCUT2D eigenvalue weighted by Gasteiger charge is -2.10. The third kappa shape index (κ3) is 2.12. The van der Waals surface area contributed by atoms with Crippen LogP contribution >= 0.6 is 0 Å². The van der Waals surface area contributed by atoms with Crippen LogP contribution in [0.4, 0.5) is 11.7 Å². The predicted octanol–water partition coefficient (Wildman–Crippen LogP) is 1.92. The van der Waals surface area contributed by atoms with E-state index in [-0.39, 0.29) is 29.2 Å². The Bertz CT molecular complexity index is 633. The van der Waals surface area contributed by atoms with E-state index >= 15 is 0 Å². The van der Waals surface area contributed by atoms with Gasteiger partial charge in [-0.15, -0.1) is 0 Å². The van der Waals surface area contributed by atoms with Crippen LogP contribution in [0.1, 0.15) is 12.8 Å². The second-order valence-electron chi connectivity index (χ2n) is 4.91. The number of aliphatic hydroxyl groups excluding tert-OH is 1. The van der Waals surface area contributed by atoms with E-state index in [0.717, 1.165) is 12.8 Å². The molecule has 0 aliphatic heterocycles. The molecule has 0 unspecified atom stereocenters. The van der Waals surface area contributed by atoms with Crippen molar-refractivity contribution < 1.29 is 14.4 Å². The van der Waals surface area contributed by atoms with Gasteiger partial charge >= 0.3 is 0 Å². The van der Waals surface area contributed by atoms with Gasteiger partial charge in [0.2, 0.25) is 0 Å². The molecule has 1 fully saturated rings. The van der Waals surface area contributed by atoms with Crippen LogP contribution in [-0.4, -0.2) is 28.2 Å². The van der Waals surface area contributed by atoms with Gasteiger partial charge in [-0.05, 0) is 18.9 Å². The second-order valence-corrected chi connectivity index (χ2v) is 4.91. The molecule has 1 aromatic heterocycles. The summed E-state index contributed by atoms with van der Waals surface area (Å²) in [6.45, 7) is 0.685. The number of rotatable bonds is 5. The normalized spacial score (nSPS) is 16.5. The lowest BCUT2D eigenvalue weighted by Crippen LogP contribution is -2.19. The van der Waals surface area contributed by atoms with Crippen LogP contribution in [0.3, 0.4) is 0 Å². The minimum atomic E-state index is -0.481. The number of nitrogens with one attached hydrogen (secondary N) is 1. The molecule has 1 aliphatic rings. The van der Waals surface area contributed by atoms with Gasteiger partial charge in [-0.25, -0.2) is 0 Å². The first-order chi connectivity index (χ1) is 9.13. The molecule has 2 aromatic rings. The van der Waals surface area contributed by atoms with Crippen molar-refractivity contribution in [2.24, 2.45) is 5.41 Å². The van der Waals surface area contributed by atoms with Crippen LogP contribution in [-0.2, 0) is 0 Å². The number of nitrogens with zero attached hydrogens (tertiary/aromatic N) is 2. The molecule has 19 heavy (non-hydrogen) atoms. The summed E-state index contributed by atoms with van der Waals surface area (Å²) < 4.78 is 5.42. The van der Waals surface area contributed by atoms with E-state index < -0.39 is 4.92 Å². The van der Waals surface area contributed by atoms with Gasteiger partial charge in [0.1, 0.15) is 0 Å². The van der Waals surface area contributed by atoms with Gasteiger partial charge in [0.15, 0.2) is 11.1 Å². The number of aromatic nitrogens is 1. The van der Waals surface area contributed by atoms with E-state index in [1.807, 2.05) is 0 Å². The third-order valence-corrected chi connectivity index (χ3v) is 3.50. The molecular formula is C12H13N3O4. The van der Waals surface area contributed by atoms with E-state index in [1.54, 1.807) is 12.1 Å². The molecule has 3 rings (SSSR count). The van der Waals surface area contributed by atoms with Crippen molar-refractivity contribution in [1.82, 2.24) is 4.98 Å². The Morgan fingerprint density at radius 2 is 2.32 bits per heavy atom. The highest BCUT2D eigenvalue weighted by atomic mass is 16.6. The lowest BCUT2D eigenvalue weighted by molar-refractivity contribution is -0.383. The van der Waals surface area contributed by atoms with Gasteiger partial charge in [0.25, 0.3) is 11.7 Å². The molecule has 100 valence electrons. The average molecular weight is 263 g/mol. The molecule has 0 bridgehead atoms. The standard InChI is InChI=1S/C12H13N3O4/c16-7-12(4-5-12)6-13-11-14-10-8(15(17)18)2-1-3-9(10)19-11/h1-3,16H,4-7H2,(H,13,14). The maximum atomic E-state index is 10.9. The van der Waals surface area contributed by atoms with Crippen molar-refractivity contribution in [1.29, 1.82) is 0 Å². The molecule has 7 nitrogen and oxygen atoms in total. The third-order valence-electron chi connectivity index (χ3n) is 3.50. The number of anilines is 1. The van der Waals surface area contributed by atoms with E-state index in [0.29, 0.717) is 12.1 Å². The van der Waals surface area contributed by atoms with Crippen molar-refractivity contribution in [3.63, 3.8) is 0 Å². The Morgan fingerprint density at radius 1 is 1.53 bits per heavy atom. The topological polar surface area (TPSA) is 101 Å². The van der Waals surface area contributed by atoms with Gasteiger partial charge in [0, 0.05) is 18.0 Å². The molecule has 2 N–H and O–H groups in total. The smallest absolute Gasteiger partial charge is 0.298 e. The van der Waals surface area contributed by atoms with Crippen LogP contribution in [0.25, 0.3) is 11.1 Å². The van der Waals surface area contributed by atoms with E-state index in [9.17, 15) is 15.2 Å². The zero-order valence-electron chi connectivity index (χ0n) is 10.1. The Kier molecular flexibility index (Phi) is 2.63. The summed E-state index contributed by atoms with van der Waals surface area (Å²) in [5.74, 6) is 0. The van der Waals surface area contributed by atoms with Crippen LogP contribution in [0.5, 0.6) is 0 Å². The Balaban J connectivity index is 1.85. The zero-order chi connectivity index (χ0) is 13.5. The highest BCUT2D eigenvalue weighted by Gasteiger charge is 2.42. The summed E-state index contributed by atoms with van der Waals surface area (Å²) in [5, 5.41) is 23.1. The first-order valence-electron chi connectivity index (χ1n) is 6.02.